The lowest BCUT2D eigenvalue weighted by Crippen LogP contribution is -1.89. The minimum atomic E-state index is 1.09. The number of rotatable bonds is 0. The summed E-state index contributed by atoms with van der Waals surface area (Å²) in [6.07, 6.45) is 11.2. The van der Waals surface area contributed by atoms with Gasteiger partial charge in [-0.2, -0.15) is 0 Å². The van der Waals surface area contributed by atoms with Crippen LogP contribution in [0.4, 0.5) is 0 Å². The van der Waals surface area contributed by atoms with Crippen molar-refractivity contribution in [1.82, 2.24) is 0 Å². The number of allylic oxidation sites excluding steroid dienone is 2. The molecule has 0 heteroatoms. The Morgan fingerprint density at radius 2 is 1.62 bits per heavy atom. The fourth-order valence-corrected chi connectivity index (χ4v) is 2.92. The number of fused-ring (bicyclic) bond motifs is 5. The molecule has 76 valence electrons. The van der Waals surface area contributed by atoms with Crippen LogP contribution in [0.1, 0.15) is 22.3 Å². The zero-order chi connectivity index (χ0) is 10.5. The third-order valence-corrected chi connectivity index (χ3v) is 3.72. The van der Waals surface area contributed by atoms with Crippen LogP contribution in [-0.4, -0.2) is 0 Å². The van der Waals surface area contributed by atoms with Crippen molar-refractivity contribution in [3.05, 3.63) is 58.7 Å². The Hall–Kier alpha value is -1.82. The highest BCUT2D eigenvalue weighted by Crippen LogP contribution is 2.34. The Morgan fingerprint density at radius 3 is 2.62 bits per heavy atom. The van der Waals surface area contributed by atoms with Gasteiger partial charge in [-0.05, 0) is 45.9 Å². The van der Waals surface area contributed by atoms with Gasteiger partial charge in [0, 0.05) is 0 Å². The Labute approximate surface area is 94.9 Å². The van der Waals surface area contributed by atoms with E-state index in [2.05, 4.69) is 48.6 Å². The van der Waals surface area contributed by atoms with E-state index in [1.165, 1.54) is 33.0 Å². The quantitative estimate of drug-likeness (QED) is 0.609. The van der Waals surface area contributed by atoms with E-state index >= 15 is 0 Å². The predicted octanol–water partition coefficient (Wildman–Crippen LogP) is 3.98. The summed E-state index contributed by atoms with van der Waals surface area (Å²) in [7, 11) is 0. The lowest BCUT2D eigenvalue weighted by molar-refractivity contribution is 1.31. The molecule has 0 bridgehead atoms. The summed E-state index contributed by atoms with van der Waals surface area (Å²) in [5.41, 5.74) is 5.81. The van der Waals surface area contributed by atoms with E-state index in [1.54, 1.807) is 0 Å². The van der Waals surface area contributed by atoms with Gasteiger partial charge in [-0.1, -0.05) is 48.6 Å². The molecule has 16 heavy (non-hydrogen) atoms. The largest absolute Gasteiger partial charge is 0.0795 e. The van der Waals surface area contributed by atoms with Crippen molar-refractivity contribution in [3.8, 4) is 0 Å². The fraction of sp³-hybridized carbons (Fsp3) is 0.125. The van der Waals surface area contributed by atoms with Gasteiger partial charge in [-0.25, -0.2) is 0 Å². The number of hydrogen-bond donors (Lipinski definition) is 0. The van der Waals surface area contributed by atoms with Crippen LogP contribution in [0.2, 0.25) is 0 Å². The van der Waals surface area contributed by atoms with Crippen LogP contribution in [0.25, 0.3) is 22.9 Å². The number of hydrogen-bond acceptors (Lipinski definition) is 0. The minimum absolute atomic E-state index is 1.09. The van der Waals surface area contributed by atoms with Gasteiger partial charge < -0.3 is 0 Å². The molecule has 0 spiro atoms. The predicted molar refractivity (Wildman–Crippen MR) is 69.4 cm³/mol. The van der Waals surface area contributed by atoms with Crippen LogP contribution >= 0.6 is 0 Å². The minimum Gasteiger partial charge on any atom is -0.0795 e. The molecule has 2 aliphatic carbocycles. The highest BCUT2D eigenvalue weighted by molar-refractivity contribution is 5.97. The van der Waals surface area contributed by atoms with Crippen LogP contribution in [0.3, 0.4) is 0 Å². The molecule has 2 aromatic carbocycles. The van der Waals surface area contributed by atoms with Crippen molar-refractivity contribution < 1.29 is 0 Å². The van der Waals surface area contributed by atoms with Gasteiger partial charge in [0.2, 0.25) is 0 Å². The summed E-state index contributed by atoms with van der Waals surface area (Å²) >= 11 is 0. The van der Waals surface area contributed by atoms with E-state index in [4.69, 9.17) is 0 Å². The zero-order valence-corrected chi connectivity index (χ0v) is 9.03. The van der Waals surface area contributed by atoms with Crippen molar-refractivity contribution in [2.75, 3.05) is 0 Å². The van der Waals surface area contributed by atoms with Gasteiger partial charge in [0.25, 0.3) is 0 Å². The molecular formula is C16H12. The molecule has 0 saturated heterocycles. The second-order valence-corrected chi connectivity index (χ2v) is 4.58. The molecule has 0 nitrogen and oxygen atoms in total. The van der Waals surface area contributed by atoms with Crippen molar-refractivity contribution in [3.63, 3.8) is 0 Å². The van der Waals surface area contributed by atoms with Crippen LogP contribution < -0.4 is 0 Å². The van der Waals surface area contributed by atoms with E-state index in [9.17, 15) is 0 Å². The zero-order valence-electron chi connectivity index (χ0n) is 9.03. The summed E-state index contributed by atoms with van der Waals surface area (Å²) in [6, 6.07) is 9.12. The van der Waals surface area contributed by atoms with E-state index in [0.29, 0.717) is 0 Å². The highest BCUT2D eigenvalue weighted by atomic mass is 14.2. The van der Waals surface area contributed by atoms with Gasteiger partial charge in [-0.3, -0.25) is 0 Å². The molecule has 4 rings (SSSR count). The second-order valence-electron chi connectivity index (χ2n) is 4.58. The van der Waals surface area contributed by atoms with Gasteiger partial charge in [0.15, 0.2) is 0 Å². The lowest BCUT2D eigenvalue weighted by atomic mass is 9.95. The van der Waals surface area contributed by atoms with E-state index in [-0.39, 0.29) is 0 Å². The first-order valence-corrected chi connectivity index (χ1v) is 5.84. The molecule has 0 atom stereocenters. The Bertz CT molecular complexity index is 657. The van der Waals surface area contributed by atoms with Crippen LogP contribution in [0.15, 0.2) is 36.4 Å². The molecule has 0 unspecified atom stereocenters. The normalized spacial score (nSPS) is 15.8. The van der Waals surface area contributed by atoms with Crippen LogP contribution in [0, 0.1) is 0 Å². The Kier molecular flexibility index (Phi) is 1.49. The van der Waals surface area contributed by atoms with Crippen molar-refractivity contribution in [2.24, 2.45) is 0 Å². The molecule has 2 aliphatic rings. The van der Waals surface area contributed by atoms with Crippen molar-refractivity contribution in [2.45, 2.75) is 12.8 Å². The molecule has 0 saturated carbocycles. The highest BCUT2D eigenvalue weighted by Gasteiger charge is 2.14. The van der Waals surface area contributed by atoms with E-state index in [0.717, 1.165) is 12.8 Å². The van der Waals surface area contributed by atoms with Crippen LogP contribution in [-0.2, 0) is 12.8 Å². The van der Waals surface area contributed by atoms with Crippen molar-refractivity contribution >= 4 is 22.9 Å². The van der Waals surface area contributed by atoms with Crippen LogP contribution in [0.5, 0.6) is 0 Å². The van der Waals surface area contributed by atoms with Gasteiger partial charge in [-0.15, -0.1) is 0 Å². The summed E-state index contributed by atoms with van der Waals surface area (Å²) in [4.78, 5) is 0. The molecule has 0 fully saturated rings. The summed E-state index contributed by atoms with van der Waals surface area (Å²) in [5, 5.41) is 2.86. The monoisotopic (exact) mass is 204 g/mol. The fourth-order valence-electron chi connectivity index (χ4n) is 2.92. The average molecular weight is 204 g/mol. The lowest BCUT2D eigenvalue weighted by Gasteiger charge is -2.09. The SMILES string of the molecule is C1=Cc2c(ccc3c4c(ccc23)C=CC4)C1. The first kappa shape index (κ1) is 8.35. The average Bonchev–Trinajstić information content (AvgIpc) is 2.96. The molecule has 0 aromatic heterocycles. The Morgan fingerprint density at radius 1 is 0.750 bits per heavy atom. The second kappa shape index (κ2) is 2.85. The molecule has 0 amide bonds. The molecule has 0 N–H and O–H groups in total. The third kappa shape index (κ3) is 0.943. The third-order valence-electron chi connectivity index (χ3n) is 3.72. The standard InChI is InChI=1S/C16H12/c1-3-11-7-9-16-14-6-2-4-12(14)8-10-15(16)13(11)5-1/h1-3,6-10H,4-5H2. The maximum Gasteiger partial charge on any atom is -0.00820 e. The van der Waals surface area contributed by atoms with Gasteiger partial charge in [0.05, 0.1) is 0 Å². The maximum absolute atomic E-state index is 2.30. The smallest absolute Gasteiger partial charge is 0.00820 e. The van der Waals surface area contributed by atoms with Gasteiger partial charge in [0.1, 0.15) is 0 Å². The van der Waals surface area contributed by atoms with Gasteiger partial charge >= 0.3 is 0 Å². The molecular weight excluding hydrogens is 192 g/mol. The first-order valence-electron chi connectivity index (χ1n) is 5.84. The topological polar surface area (TPSA) is 0 Å². The summed E-state index contributed by atoms with van der Waals surface area (Å²) < 4.78 is 0. The molecule has 0 heterocycles. The molecule has 0 radical (unpaired) electrons. The molecule has 0 aliphatic heterocycles. The first-order chi connectivity index (χ1) is 7.93. The molecule has 2 aromatic rings. The maximum atomic E-state index is 2.30. The summed E-state index contributed by atoms with van der Waals surface area (Å²) in [5.74, 6) is 0. The van der Waals surface area contributed by atoms with Crippen molar-refractivity contribution in [1.29, 1.82) is 0 Å². The van der Waals surface area contributed by atoms with E-state index in [1.807, 2.05) is 0 Å². The number of benzene rings is 2. The van der Waals surface area contributed by atoms with E-state index < -0.39 is 0 Å². The summed E-state index contributed by atoms with van der Waals surface area (Å²) in [6.45, 7) is 0. The Balaban J connectivity index is 2.16.